The smallest absolute Gasteiger partial charge is 0.264 e. The van der Waals surface area contributed by atoms with Crippen molar-refractivity contribution in [2.75, 3.05) is 169 Å². The number of amides is 6. The molecular weight excluding hydrogens is 1540 g/mol. The van der Waals surface area contributed by atoms with E-state index in [0.29, 0.717) is 93.7 Å². The highest BCUT2D eigenvalue weighted by Crippen LogP contribution is 2.46. The van der Waals surface area contributed by atoms with Gasteiger partial charge in [0.1, 0.15) is 0 Å². The number of aryl methyl sites for hydroxylation is 2. The molecule has 0 saturated carbocycles. The maximum atomic E-state index is 14.2. The fraction of sp³-hybridized carbons (Fsp3) is 0.396. The highest BCUT2D eigenvalue weighted by atomic mass is 16.5. The van der Waals surface area contributed by atoms with E-state index in [9.17, 15) is 28.8 Å². The molecule has 2 aromatic heterocycles. The predicted octanol–water partition coefficient (Wildman–Crippen LogP) is 14.0. The molecule has 6 aliphatic heterocycles. The molecule has 26 heteroatoms. The Bertz CT molecular complexity index is 5310. The van der Waals surface area contributed by atoms with Gasteiger partial charge in [0.15, 0.2) is 34.5 Å². The van der Waals surface area contributed by atoms with Gasteiger partial charge >= 0.3 is 0 Å². The van der Waals surface area contributed by atoms with Gasteiger partial charge in [-0.25, -0.2) is 9.97 Å². The summed E-state index contributed by atoms with van der Waals surface area (Å²) in [5.74, 6) is 2.08. The van der Waals surface area contributed by atoms with Gasteiger partial charge in [-0.15, -0.1) is 0 Å². The number of para-hydroxylation sites is 2. The number of fused-ring (bicyclic) bond motifs is 4. The Hall–Kier alpha value is -12.1. The van der Waals surface area contributed by atoms with Crippen LogP contribution in [0, 0.1) is 0 Å². The number of carbonyl (C=O) groups is 6. The topological polar surface area (TPSA) is 226 Å². The average molecular weight is 1660 g/mol. The standard InChI is InChI=1S/C34H42N4O4.C33H37N5O4.C29H35N5O4/c1-5-36-19-21-37(22-20-36)29-14-9-13-27-32(29)34(40)38(33(27)39)28(26-16-17-30(41-3)31(23-26)42-4)15-10-18-35(2)24-25-11-7-6-8-12-25;1-4-35-17-19-36(20-18-35)28-12-7-9-24-31(28)33(40)38(32(24)39)26(23-14-15-29(41-2)30(21-23)42-3)13-8-16-37-22-34-25-10-5-6-11-27(25)37;1-4-31-15-17-33(18-16-31)24-8-5-7-22-27(24)29(36)34(28(22)35)23(9-6-13-32-14-12-30-20-32)21-10-11-25(37-2)26(19-21)38-3/h6-9,11-14,16-17,23,28H,5,10,15,18-22,24H2,1-4H3;5-7,9-12,14-15,21-22,26H,4,8,13,16-20H2,1-3H3;5,7-8,10-12,14,19-20,23H,4,6,9,13,15-18H2,1-3H3/t28-;26-;23-/m111/s1. The van der Waals surface area contributed by atoms with Gasteiger partial charge in [0.2, 0.25) is 0 Å². The monoisotopic (exact) mass is 1650 g/mol. The van der Waals surface area contributed by atoms with Crippen molar-refractivity contribution in [2.45, 2.75) is 97.1 Å². The number of aromatic nitrogens is 4. The minimum absolute atomic E-state index is 0.221. The zero-order valence-electron chi connectivity index (χ0n) is 72.0. The van der Waals surface area contributed by atoms with E-state index in [1.807, 2.05) is 132 Å². The zero-order chi connectivity index (χ0) is 85.5. The molecule has 8 heterocycles. The summed E-state index contributed by atoms with van der Waals surface area (Å²) in [5, 5.41) is 0. The average Bonchev–Trinajstić information content (AvgIpc) is 1.62. The van der Waals surface area contributed by atoms with Crippen LogP contribution in [0.5, 0.6) is 34.5 Å². The third-order valence-electron chi connectivity index (χ3n) is 24.7. The molecule has 3 atom stereocenters. The molecule has 3 fully saturated rings. The van der Waals surface area contributed by atoms with Gasteiger partial charge in [0.05, 0.1) is 135 Å². The predicted molar refractivity (Wildman–Crippen MR) is 473 cm³/mol. The lowest BCUT2D eigenvalue weighted by atomic mass is 9.99. The normalized spacial score (nSPS) is 16.4. The molecule has 0 aliphatic carbocycles. The number of rotatable bonds is 32. The molecule has 3 saturated heterocycles. The van der Waals surface area contributed by atoms with Crippen molar-refractivity contribution in [3.05, 3.63) is 244 Å². The Balaban J connectivity index is 0.000000150. The van der Waals surface area contributed by atoms with Gasteiger partial charge in [0.25, 0.3) is 35.4 Å². The number of methoxy groups -OCH3 is 6. The Morgan fingerprint density at radius 1 is 0.385 bits per heavy atom. The largest absolute Gasteiger partial charge is 0.493 e. The maximum Gasteiger partial charge on any atom is 0.264 e. The van der Waals surface area contributed by atoms with Crippen molar-refractivity contribution in [3.63, 3.8) is 0 Å². The summed E-state index contributed by atoms with van der Waals surface area (Å²) in [5.41, 5.74) is 11.3. The lowest BCUT2D eigenvalue weighted by Gasteiger charge is -2.36. The summed E-state index contributed by atoms with van der Waals surface area (Å²) in [6.45, 7) is 23.2. The van der Waals surface area contributed by atoms with Crippen molar-refractivity contribution in [1.82, 2.24) is 53.4 Å². The van der Waals surface area contributed by atoms with E-state index in [0.717, 1.165) is 182 Å². The van der Waals surface area contributed by atoms with Crippen LogP contribution in [-0.4, -0.2) is 243 Å². The second-order valence-electron chi connectivity index (χ2n) is 31.6. The quantitative estimate of drug-likeness (QED) is 0.0357. The van der Waals surface area contributed by atoms with Crippen LogP contribution in [0.4, 0.5) is 17.1 Å². The molecule has 6 aliphatic rings. The second-order valence-corrected chi connectivity index (χ2v) is 31.6. The van der Waals surface area contributed by atoms with Crippen molar-refractivity contribution in [2.24, 2.45) is 0 Å². The molecule has 0 bridgehead atoms. The van der Waals surface area contributed by atoms with Crippen LogP contribution in [0.3, 0.4) is 0 Å². The van der Waals surface area contributed by atoms with Crippen LogP contribution < -0.4 is 43.1 Å². The lowest BCUT2D eigenvalue weighted by Crippen LogP contribution is -2.46. The number of likely N-dealkylation sites (N-methyl/N-ethyl adjacent to an activating group) is 3. The summed E-state index contributed by atoms with van der Waals surface area (Å²) in [7, 11) is 11.7. The van der Waals surface area contributed by atoms with Gasteiger partial charge in [-0.3, -0.25) is 43.5 Å². The van der Waals surface area contributed by atoms with Crippen molar-refractivity contribution >= 4 is 63.5 Å². The van der Waals surface area contributed by atoms with Crippen molar-refractivity contribution in [3.8, 4) is 34.5 Å². The molecule has 26 nitrogen and oxygen atoms in total. The summed E-state index contributed by atoms with van der Waals surface area (Å²) in [6.07, 6.45) is 11.4. The van der Waals surface area contributed by atoms with Gasteiger partial charge < -0.3 is 71.9 Å². The van der Waals surface area contributed by atoms with Gasteiger partial charge in [-0.2, -0.15) is 0 Å². The Morgan fingerprint density at radius 3 is 1.14 bits per heavy atom. The highest BCUT2D eigenvalue weighted by Gasteiger charge is 2.47. The number of ether oxygens (including phenoxy) is 6. The number of piperazine rings is 3. The summed E-state index contributed by atoms with van der Waals surface area (Å²) in [4.78, 5) is 114. The first-order valence-electron chi connectivity index (χ1n) is 42.7. The minimum atomic E-state index is -0.475. The van der Waals surface area contributed by atoms with Crippen LogP contribution in [0.25, 0.3) is 11.0 Å². The van der Waals surface area contributed by atoms with E-state index in [2.05, 4.69) is 107 Å². The third kappa shape index (κ3) is 18.5. The first-order chi connectivity index (χ1) is 59.5. The van der Waals surface area contributed by atoms with Crippen molar-refractivity contribution < 1.29 is 57.2 Å². The number of imide groups is 3. The molecule has 16 rings (SSSR count). The van der Waals surface area contributed by atoms with Gasteiger partial charge in [-0.1, -0.05) is 99.6 Å². The van der Waals surface area contributed by atoms with Gasteiger partial charge in [-0.05, 0) is 179 Å². The molecule has 640 valence electrons. The second kappa shape index (κ2) is 40.1. The Kier molecular flexibility index (Phi) is 28.3. The van der Waals surface area contributed by atoms with Crippen LogP contribution in [0.2, 0.25) is 0 Å². The number of hydrogen-bond acceptors (Lipinski definition) is 21. The lowest BCUT2D eigenvalue weighted by molar-refractivity contribution is 0.0555. The van der Waals surface area contributed by atoms with Gasteiger partial charge in [0, 0.05) is 111 Å². The molecular formula is C96H114N14O12. The highest BCUT2D eigenvalue weighted by molar-refractivity contribution is 6.26. The van der Waals surface area contributed by atoms with Crippen molar-refractivity contribution in [1.29, 1.82) is 0 Å². The first-order valence-corrected chi connectivity index (χ1v) is 42.7. The fourth-order valence-electron chi connectivity index (χ4n) is 18.0. The van der Waals surface area contributed by atoms with E-state index in [1.165, 1.54) is 20.3 Å². The Morgan fingerprint density at radius 2 is 0.762 bits per heavy atom. The molecule has 8 aromatic carbocycles. The summed E-state index contributed by atoms with van der Waals surface area (Å²) < 4.78 is 37.2. The number of anilines is 3. The number of imidazole rings is 2. The van der Waals surface area contributed by atoms with Crippen LogP contribution in [-0.2, 0) is 19.6 Å². The van der Waals surface area contributed by atoms with E-state index in [-0.39, 0.29) is 35.4 Å². The molecule has 6 amide bonds. The van der Waals surface area contributed by atoms with Crippen LogP contribution in [0.15, 0.2) is 189 Å². The molecule has 0 N–H and O–H groups in total. The molecule has 0 spiro atoms. The summed E-state index contributed by atoms with van der Waals surface area (Å²) >= 11 is 0. The van der Waals surface area contributed by atoms with E-state index >= 15 is 0 Å². The number of hydrogen-bond donors (Lipinski definition) is 0. The number of benzene rings is 8. The third-order valence-corrected chi connectivity index (χ3v) is 24.7. The number of carbonyl (C=O) groups excluding carboxylic acids is 6. The molecule has 122 heavy (non-hydrogen) atoms. The van der Waals surface area contributed by atoms with E-state index in [4.69, 9.17) is 28.4 Å². The molecule has 0 radical (unpaired) electrons. The zero-order valence-corrected chi connectivity index (χ0v) is 72.0. The summed E-state index contributed by atoms with van der Waals surface area (Å²) in [6, 6.07) is 51.0. The van der Waals surface area contributed by atoms with E-state index < -0.39 is 18.1 Å². The minimum Gasteiger partial charge on any atom is -0.493 e. The maximum absolute atomic E-state index is 14.2. The fourth-order valence-corrected chi connectivity index (χ4v) is 18.0. The Labute approximate surface area is 715 Å². The van der Waals surface area contributed by atoms with E-state index in [1.54, 1.807) is 73.4 Å². The first kappa shape index (κ1) is 86.3. The molecule has 0 unspecified atom stereocenters. The SMILES string of the molecule is CCN1CCN(c2cccc3c2C(=O)N([C@H](CCCN(C)Cc2ccccc2)c2ccc(OC)c(OC)c2)C3=O)CC1.CCN1CCN(c2cccc3c2C(=O)N([C@H](CCCn2ccnc2)c2ccc(OC)c(OC)c2)C3=O)CC1.CCN1CCN(c2cccc3c2C(=O)N([C@H](CCCn2cnc4ccccc42)c2ccc(OC)c(OC)c2)C3=O)CC1. The molecule has 10 aromatic rings. The number of nitrogens with zero attached hydrogens (tertiary/aromatic N) is 14. The van der Waals surface area contributed by atoms with Crippen LogP contribution in [0.1, 0.15) is 162 Å². The van der Waals surface area contributed by atoms with Crippen LogP contribution >= 0.6 is 0 Å².